The second-order valence-corrected chi connectivity index (χ2v) is 3.36. The van der Waals surface area contributed by atoms with E-state index in [0.717, 1.165) is 4.90 Å². The van der Waals surface area contributed by atoms with Gasteiger partial charge in [-0.15, -0.1) is 0 Å². The molecule has 0 saturated heterocycles. The number of nitrogens with two attached hydrogens (primary N) is 1. The zero-order valence-electron chi connectivity index (χ0n) is 8.54. The van der Waals surface area contributed by atoms with Crippen LogP contribution < -0.4 is 10.6 Å². The van der Waals surface area contributed by atoms with Crippen LogP contribution in [-0.4, -0.2) is 19.8 Å². The van der Waals surface area contributed by atoms with Crippen LogP contribution in [-0.2, 0) is 0 Å². The quantitative estimate of drug-likeness (QED) is 0.790. The maximum atomic E-state index is 12.2. The summed E-state index contributed by atoms with van der Waals surface area (Å²) in [7, 11) is 1.28. The first-order valence-electron chi connectivity index (χ1n) is 4.41. The summed E-state index contributed by atoms with van der Waals surface area (Å²) in [6.45, 7) is -1.11. The van der Waals surface area contributed by atoms with Crippen LogP contribution in [0.5, 0.6) is 0 Å². The lowest BCUT2D eigenvalue weighted by atomic mass is 10.2. The lowest BCUT2D eigenvalue weighted by molar-refractivity contribution is -0.119. The molecule has 0 amide bonds. The van der Waals surface area contributed by atoms with E-state index in [9.17, 15) is 13.2 Å². The van der Waals surface area contributed by atoms with Crippen LogP contribution in [0.15, 0.2) is 18.2 Å². The van der Waals surface area contributed by atoms with E-state index in [1.807, 2.05) is 6.07 Å². The average Bonchev–Trinajstić information content (AvgIpc) is 2.15. The van der Waals surface area contributed by atoms with E-state index >= 15 is 0 Å². The van der Waals surface area contributed by atoms with Crippen LogP contribution in [0.25, 0.3) is 0 Å². The van der Waals surface area contributed by atoms with Gasteiger partial charge in [-0.25, -0.2) is 0 Å². The lowest BCUT2D eigenvalue weighted by Crippen LogP contribution is -2.31. The van der Waals surface area contributed by atoms with E-state index < -0.39 is 12.7 Å². The van der Waals surface area contributed by atoms with Crippen molar-refractivity contribution in [1.29, 1.82) is 5.26 Å². The predicted octanol–water partition coefficient (Wildman–Crippen LogP) is 2.14. The summed E-state index contributed by atoms with van der Waals surface area (Å²) in [6.07, 6.45) is -4.30. The van der Waals surface area contributed by atoms with Gasteiger partial charge in [-0.2, -0.15) is 18.4 Å². The van der Waals surface area contributed by atoms with Gasteiger partial charge in [0.2, 0.25) is 0 Å². The SMILES string of the molecule is CN(CC(F)(F)F)c1cc(C#N)ccc1N. The van der Waals surface area contributed by atoms with E-state index in [1.165, 1.54) is 25.2 Å². The number of nitrogen functional groups attached to an aromatic ring is 1. The minimum atomic E-state index is -4.30. The van der Waals surface area contributed by atoms with Crippen LogP contribution in [0.4, 0.5) is 24.5 Å². The molecule has 6 heteroatoms. The van der Waals surface area contributed by atoms with Crippen molar-refractivity contribution in [1.82, 2.24) is 0 Å². The zero-order chi connectivity index (χ0) is 12.3. The second-order valence-electron chi connectivity index (χ2n) is 3.36. The highest BCUT2D eigenvalue weighted by Crippen LogP contribution is 2.26. The van der Waals surface area contributed by atoms with Crippen molar-refractivity contribution in [3.63, 3.8) is 0 Å². The molecular formula is C10H10F3N3. The molecule has 0 spiro atoms. The molecule has 1 rings (SSSR count). The first kappa shape index (κ1) is 12.2. The Hall–Kier alpha value is -1.90. The number of anilines is 2. The Morgan fingerprint density at radius 2 is 2.06 bits per heavy atom. The fourth-order valence-corrected chi connectivity index (χ4v) is 1.30. The summed E-state index contributed by atoms with van der Waals surface area (Å²) in [6, 6.07) is 6.06. The summed E-state index contributed by atoms with van der Waals surface area (Å²) in [5.74, 6) is 0. The Bertz CT molecular complexity index is 420. The fourth-order valence-electron chi connectivity index (χ4n) is 1.30. The molecule has 0 radical (unpaired) electrons. The highest BCUT2D eigenvalue weighted by Gasteiger charge is 2.29. The number of nitriles is 1. The molecule has 0 saturated carbocycles. The molecule has 0 aliphatic heterocycles. The molecule has 16 heavy (non-hydrogen) atoms. The zero-order valence-corrected chi connectivity index (χ0v) is 8.54. The van der Waals surface area contributed by atoms with Crippen molar-refractivity contribution in [2.24, 2.45) is 0 Å². The molecule has 86 valence electrons. The minimum absolute atomic E-state index is 0.205. The molecule has 2 N–H and O–H groups in total. The molecule has 0 bridgehead atoms. The number of alkyl halides is 3. The molecule has 1 aromatic carbocycles. The maximum absolute atomic E-state index is 12.2. The summed E-state index contributed by atoms with van der Waals surface area (Å²) in [5.41, 5.74) is 6.24. The van der Waals surface area contributed by atoms with E-state index in [0.29, 0.717) is 0 Å². The van der Waals surface area contributed by atoms with Crippen LogP contribution in [0.3, 0.4) is 0 Å². The number of nitrogens with zero attached hydrogens (tertiary/aromatic N) is 2. The smallest absolute Gasteiger partial charge is 0.397 e. The van der Waals surface area contributed by atoms with Crippen molar-refractivity contribution in [2.75, 3.05) is 24.2 Å². The highest BCUT2D eigenvalue weighted by molar-refractivity contribution is 5.69. The molecule has 0 aromatic heterocycles. The van der Waals surface area contributed by atoms with Crippen molar-refractivity contribution in [2.45, 2.75) is 6.18 Å². The number of halogens is 3. The van der Waals surface area contributed by atoms with Gasteiger partial charge < -0.3 is 10.6 Å². The van der Waals surface area contributed by atoms with E-state index in [-0.39, 0.29) is 16.9 Å². The largest absolute Gasteiger partial charge is 0.405 e. The van der Waals surface area contributed by atoms with Crippen LogP contribution in [0.2, 0.25) is 0 Å². The van der Waals surface area contributed by atoms with Gasteiger partial charge in [-0.05, 0) is 18.2 Å². The number of hydrogen-bond donors (Lipinski definition) is 1. The standard InChI is InChI=1S/C10H10F3N3/c1-16(6-10(11,12)13)9-4-7(5-14)2-3-8(9)15/h2-4H,6,15H2,1H3. The average molecular weight is 229 g/mol. The molecular weight excluding hydrogens is 219 g/mol. The van der Waals surface area contributed by atoms with Crippen molar-refractivity contribution < 1.29 is 13.2 Å². The molecule has 0 unspecified atom stereocenters. The Labute approximate surface area is 90.9 Å². The van der Waals surface area contributed by atoms with Gasteiger partial charge in [0.05, 0.1) is 23.0 Å². The normalized spacial score (nSPS) is 10.9. The monoisotopic (exact) mass is 229 g/mol. The molecule has 0 aliphatic rings. The first-order chi connectivity index (χ1) is 7.33. The van der Waals surface area contributed by atoms with Gasteiger partial charge in [0.1, 0.15) is 6.54 Å². The number of rotatable bonds is 2. The summed E-state index contributed by atoms with van der Waals surface area (Å²) >= 11 is 0. The van der Waals surface area contributed by atoms with Crippen LogP contribution in [0, 0.1) is 11.3 Å². The first-order valence-corrected chi connectivity index (χ1v) is 4.41. The van der Waals surface area contributed by atoms with Crippen molar-refractivity contribution in [3.8, 4) is 6.07 Å². The molecule has 3 nitrogen and oxygen atoms in total. The summed E-state index contributed by atoms with van der Waals surface area (Å²) in [5, 5.41) is 8.64. The highest BCUT2D eigenvalue weighted by atomic mass is 19.4. The van der Waals surface area contributed by atoms with Crippen molar-refractivity contribution >= 4 is 11.4 Å². The lowest BCUT2D eigenvalue weighted by Gasteiger charge is -2.22. The van der Waals surface area contributed by atoms with Gasteiger partial charge in [-0.1, -0.05) is 0 Å². The summed E-state index contributed by atoms with van der Waals surface area (Å²) < 4.78 is 36.5. The third-order valence-corrected chi connectivity index (χ3v) is 1.99. The van der Waals surface area contributed by atoms with E-state index in [4.69, 9.17) is 11.0 Å². The Morgan fingerprint density at radius 1 is 1.44 bits per heavy atom. The summed E-state index contributed by atoms with van der Waals surface area (Å²) in [4.78, 5) is 0.968. The Balaban J connectivity index is 2.99. The molecule has 0 atom stereocenters. The Kier molecular flexibility index (Phi) is 3.28. The van der Waals surface area contributed by atoms with Gasteiger partial charge in [-0.3, -0.25) is 0 Å². The van der Waals surface area contributed by atoms with Gasteiger partial charge in [0, 0.05) is 7.05 Å². The van der Waals surface area contributed by atoms with E-state index in [1.54, 1.807) is 0 Å². The van der Waals surface area contributed by atoms with Gasteiger partial charge >= 0.3 is 6.18 Å². The topological polar surface area (TPSA) is 53.0 Å². The predicted molar refractivity (Wildman–Crippen MR) is 54.9 cm³/mol. The Morgan fingerprint density at radius 3 is 2.56 bits per heavy atom. The van der Waals surface area contributed by atoms with Crippen LogP contribution in [0.1, 0.15) is 5.56 Å². The van der Waals surface area contributed by atoms with Crippen LogP contribution >= 0.6 is 0 Å². The maximum Gasteiger partial charge on any atom is 0.405 e. The third kappa shape index (κ3) is 3.05. The second kappa shape index (κ2) is 4.31. The molecule has 0 fully saturated rings. The third-order valence-electron chi connectivity index (χ3n) is 1.99. The van der Waals surface area contributed by atoms with Gasteiger partial charge in [0.15, 0.2) is 0 Å². The molecule has 0 aliphatic carbocycles. The fraction of sp³-hybridized carbons (Fsp3) is 0.300. The van der Waals surface area contributed by atoms with E-state index in [2.05, 4.69) is 0 Å². The van der Waals surface area contributed by atoms with Crippen molar-refractivity contribution in [3.05, 3.63) is 23.8 Å². The van der Waals surface area contributed by atoms with Gasteiger partial charge in [0.25, 0.3) is 0 Å². The minimum Gasteiger partial charge on any atom is -0.397 e. The number of benzene rings is 1. The molecule has 1 aromatic rings. The molecule has 0 heterocycles. The number of hydrogen-bond acceptors (Lipinski definition) is 3.